The third-order valence-electron chi connectivity index (χ3n) is 3.79. The molecule has 2 aromatic rings. The van der Waals surface area contributed by atoms with Crippen LogP contribution in [-0.2, 0) is 5.60 Å². The Kier molecular flexibility index (Phi) is 3.32. The van der Waals surface area contributed by atoms with Gasteiger partial charge in [-0.3, -0.25) is 4.79 Å². The summed E-state index contributed by atoms with van der Waals surface area (Å²) in [6, 6.07) is 12.8. The van der Waals surface area contributed by atoms with Crippen molar-refractivity contribution in [1.82, 2.24) is 5.32 Å². The van der Waals surface area contributed by atoms with Gasteiger partial charge in [-0.2, -0.15) is 0 Å². The summed E-state index contributed by atoms with van der Waals surface area (Å²) in [4.78, 5) is 11.9. The number of benzene rings is 1. The fourth-order valence-electron chi connectivity index (χ4n) is 2.48. The number of aliphatic hydroxyl groups is 1. The van der Waals surface area contributed by atoms with Gasteiger partial charge in [0.1, 0.15) is 5.60 Å². The summed E-state index contributed by atoms with van der Waals surface area (Å²) in [5.74, 6) is 0.169. The van der Waals surface area contributed by atoms with Crippen LogP contribution in [0.15, 0.2) is 53.1 Å². The first-order valence-corrected chi connectivity index (χ1v) is 6.80. The first-order valence-electron chi connectivity index (χ1n) is 6.80. The summed E-state index contributed by atoms with van der Waals surface area (Å²) in [7, 11) is 0. The zero-order valence-corrected chi connectivity index (χ0v) is 11.1. The van der Waals surface area contributed by atoms with Crippen LogP contribution in [0.2, 0.25) is 0 Å². The van der Waals surface area contributed by atoms with Crippen LogP contribution in [0.1, 0.15) is 29.0 Å². The third kappa shape index (κ3) is 2.47. The Morgan fingerprint density at radius 2 is 2.00 bits per heavy atom. The van der Waals surface area contributed by atoms with Crippen LogP contribution < -0.4 is 5.32 Å². The summed E-state index contributed by atoms with van der Waals surface area (Å²) >= 11 is 0. The zero-order chi connectivity index (χ0) is 14.0. The number of carbonyl (C=O) groups is 1. The first-order chi connectivity index (χ1) is 9.70. The van der Waals surface area contributed by atoms with Gasteiger partial charge in [0.05, 0.1) is 12.8 Å². The number of carbonyl (C=O) groups excluding carboxylic acids is 1. The van der Waals surface area contributed by atoms with Crippen LogP contribution in [0.25, 0.3) is 0 Å². The molecule has 1 aromatic carbocycles. The molecule has 1 fully saturated rings. The third-order valence-corrected chi connectivity index (χ3v) is 3.79. The second-order valence-corrected chi connectivity index (χ2v) is 5.22. The molecular formula is C16H17NO3. The van der Waals surface area contributed by atoms with Crippen LogP contribution in [-0.4, -0.2) is 17.6 Å². The number of furan rings is 1. The largest absolute Gasteiger partial charge is 0.459 e. The fourth-order valence-corrected chi connectivity index (χ4v) is 2.48. The lowest BCUT2D eigenvalue weighted by Gasteiger charge is -2.29. The van der Waals surface area contributed by atoms with Crippen molar-refractivity contribution >= 4 is 5.91 Å². The van der Waals surface area contributed by atoms with Gasteiger partial charge < -0.3 is 14.8 Å². The maximum absolute atomic E-state index is 11.9. The Labute approximate surface area is 117 Å². The van der Waals surface area contributed by atoms with Crippen LogP contribution >= 0.6 is 0 Å². The Balaban J connectivity index is 1.74. The molecule has 0 spiro atoms. The quantitative estimate of drug-likeness (QED) is 0.877. The molecule has 3 rings (SSSR count). The topological polar surface area (TPSA) is 62.5 Å². The van der Waals surface area contributed by atoms with Crippen LogP contribution in [0.5, 0.6) is 0 Å². The van der Waals surface area contributed by atoms with Crippen LogP contribution in [0, 0.1) is 5.92 Å². The molecule has 2 N–H and O–H groups in total. The van der Waals surface area contributed by atoms with E-state index in [1.807, 2.05) is 30.3 Å². The van der Waals surface area contributed by atoms with Crippen LogP contribution in [0.3, 0.4) is 0 Å². The average molecular weight is 271 g/mol. The standard InChI is InChI=1S/C16H17NO3/c18-15(14-7-4-10-20-14)17-11-16(19,13-8-9-13)12-5-2-1-3-6-12/h1-7,10,13,19H,8-9,11H2,(H,17,18)/t16-/m1/s1. The molecular weight excluding hydrogens is 254 g/mol. The maximum Gasteiger partial charge on any atom is 0.287 e. The van der Waals surface area contributed by atoms with Crippen molar-refractivity contribution < 1.29 is 14.3 Å². The van der Waals surface area contributed by atoms with Gasteiger partial charge in [-0.15, -0.1) is 0 Å². The minimum absolute atomic E-state index is 0.196. The van der Waals surface area contributed by atoms with Crippen molar-refractivity contribution in [3.05, 3.63) is 60.1 Å². The van der Waals surface area contributed by atoms with Gasteiger partial charge in [0, 0.05) is 0 Å². The van der Waals surface area contributed by atoms with Crippen molar-refractivity contribution in [2.45, 2.75) is 18.4 Å². The van der Waals surface area contributed by atoms with E-state index in [1.54, 1.807) is 12.1 Å². The van der Waals surface area contributed by atoms with Gasteiger partial charge in [0.2, 0.25) is 0 Å². The van der Waals surface area contributed by atoms with E-state index in [0.29, 0.717) is 0 Å². The highest BCUT2D eigenvalue weighted by atomic mass is 16.3. The van der Waals surface area contributed by atoms with Crippen molar-refractivity contribution in [3.63, 3.8) is 0 Å². The maximum atomic E-state index is 11.9. The molecule has 20 heavy (non-hydrogen) atoms. The predicted octanol–water partition coefficient (Wildman–Crippen LogP) is 2.31. The summed E-state index contributed by atoms with van der Waals surface area (Å²) in [5, 5.41) is 13.7. The van der Waals surface area contributed by atoms with E-state index in [2.05, 4.69) is 5.32 Å². The molecule has 1 heterocycles. The summed E-state index contributed by atoms with van der Waals surface area (Å²) in [5.41, 5.74) is -0.147. The fraction of sp³-hybridized carbons (Fsp3) is 0.312. The molecule has 1 aliphatic carbocycles. The molecule has 0 aliphatic heterocycles. The molecule has 4 nitrogen and oxygen atoms in total. The Morgan fingerprint density at radius 3 is 2.60 bits per heavy atom. The average Bonchev–Trinajstić information content (AvgIpc) is 3.21. The molecule has 0 bridgehead atoms. The van der Waals surface area contributed by atoms with Crippen molar-refractivity contribution in [2.24, 2.45) is 5.92 Å². The van der Waals surface area contributed by atoms with Gasteiger partial charge in [0.15, 0.2) is 5.76 Å². The molecule has 1 saturated carbocycles. The molecule has 4 heteroatoms. The van der Waals surface area contributed by atoms with E-state index in [-0.39, 0.29) is 24.1 Å². The van der Waals surface area contributed by atoms with Gasteiger partial charge in [-0.1, -0.05) is 30.3 Å². The van der Waals surface area contributed by atoms with Crippen LogP contribution in [0.4, 0.5) is 0 Å². The van der Waals surface area contributed by atoms with E-state index >= 15 is 0 Å². The molecule has 0 unspecified atom stereocenters. The number of hydrogen-bond donors (Lipinski definition) is 2. The lowest BCUT2D eigenvalue weighted by molar-refractivity contribution is 0.0132. The smallest absolute Gasteiger partial charge is 0.287 e. The minimum atomic E-state index is -0.997. The highest BCUT2D eigenvalue weighted by molar-refractivity contribution is 5.91. The Bertz CT molecular complexity index is 575. The number of nitrogens with one attached hydrogen (secondary N) is 1. The van der Waals surface area contributed by atoms with E-state index in [0.717, 1.165) is 18.4 Å². The predicted molar refractivity (Wildman–Crippen MR) is 74.1 cm³/mol. The monoisotopic (exact) mass is 271 g/mol. The van der Waals surface area contributed by atoms with E-state index in [4.69, 9.17) is 4.42 Å². The van der Waals surface area contributed by atoms with Gasteiger partial charge in [0.25, 0.3) is 5.91 Å². The second kappa shape index (κ2) is 5.13. The number of amides is 1. The molecule has 1 aromatic heterocycles. The summed E-state index contributed by atoms with van der Waals surface area (Å²) in [6.45, 7) is 0.196. The molecule has 1 aliphatic rings. The van der Waals surface area contributed by atoms with E-state index in [9.17, 15) is 9.90 Å². The van der Waals surface area contributed by atoms with Crippen molar-refractivity contribution in [1.29, 1.82) is 0 Å². The Morgan fingerprint density at radius 1 is 1.25 bits per heavy atom. The first kappa shape index (κ1) is 12.9. The molecule has 0 radical (unpaired) electrons. The van der Waals surface area contributed by atoms with E-state index in [1.165, 1.54) is 6.26 Å². The zero-order valence-electron chi connectivity index (χ0n) is 11.1. The Hall–Kier alpha value is -2.07. The molecule has 1 amide bonds. The van der Waals surface area contributed by atoms with E-state index < -0.39 is 5.60 Å². The molecule has 0 saturated heterocycles. The lowest BCUT2D eigenvalue weighted by atomic mass is 9.88. The van der Waals surface area contributed by atoms with Crippen molar-refractivity contribution in [2.75, 3.05) is 6.54 Å². The van der Waals surface area contributed by atoms with Gasteiger partial charge in [-0.25, -0.2) is 0 Å². The number of rotatable bonds is 5. The van der Waals surface area contributed by atoms with Gasteiger partial charge in [-0.05, 0) is 36.5 Å². The highest BCUT2D eigenvalue weighted by Crippen LogP contribution is 2.45. The highest BCUT2D eigenvalue weighted by Gasteiger charge is 2.45. The van der Waals surface area contributed by atoms with Gasteiger partial charge >= 0.3 is 0 Å². The van der Waals surface area contributed by atoms with Crippen molar-refractivity contribution in [3.8, 4) is 0 Å². The molecule has 104 valence electrons. The summed E-state index contributed by atoms with van der Waals surface area (Å²) in [6.07, 6.45) is 3.43. The summed E-state index contributed by atoms with van der Waals surface area (Å²) < 4.78 is 5.05. The number of hydrogen-bond acceptors (Lipinski definition) is 3. The lowest BCUT2D eigenvalue weighted by Crippen LogP contribution is -2.42. The second-order valence-electron chi connectivity index (χ2n) is 5.22. The minimum Gasteiger partial charge on any atom is -0.459 e. The normalized spacial score (nSPS) is 17.4. The SMILES string of the molecule is O=C(NC[C@@](O)(c1ccccc1)C1CC1)c1ccco1. The molecule has 1 atom stereocenters.